The van der Waals surface area contributed by atoms with Crippen LogP contribution in [0, 0.1) is 0 Å². The first-order chi connectivity index (χ1) is 6.39. The molecule has 0 unspecified atom stereocenters. The van der Waals surface area contributed by atoms with Crippen molar-refractivity contribution in [2.24, 2.45) is 0 Å². The van der Waals surface area contributed by atoms with Crippen LogP contribution in [-0.4, -0.2) is 18.4 Å². The first-order valence-corrected chi connectivity index (χ1v) is 4.77. The van der Waals surface area contributed by atoms with Crippen LogP contribution in [-0.2, 0) is 22.6 Å². The second kappa shape index (κ2) is 3.91. The average Bonchev–Trinajstić information content (AvgIpc) is 2.01. The number of halogens is 3. The summed E-state index contributed by atoms with van der Waals surface area (Å²) >= 11 is 0. The van der Waals surface area contributed by atoms with Crippen molar-refractivity contribution in [1.82, 2.24) is 9.97 Å². The molecule has 0 saturated carbocycles. The van der Waals surface area contributed by atoms with Crippen molar-refractivity contribution in [3.8, 4) is 0 Å². The smallest absolute Gasteiger partial charge is 0.240 e. The second-order valence-corrected chi connectivity index (χ2v) is 3.33. The number of thiol groups is 1. The molecule has 0 aromatic carbocycles. The van der Waals surface area contributed by atoms with Gasteiger partial charge >= 0.3 is 6.18 Å². The fraction of sp³-hybridized carbons (Fsp3) is 0.333. The van der Waals surface area contributed by atoms with E-state index in [2.05, 4.69) is 9.97 Å². The summed E-state index contributed by atoms with van der Waals surface area (Å²) in [6.45, 7) is 0. The van der Waals surface area contributed by atoms with Crippen LogP contribution < -0.4 is 0 Å². The van der Waals surface area contributed by atoms with Crippen molar-refractivity contribution in [2.45, 2.75) is 11.9 Å². The van der Waals surface area contributed by atoms with Crippen molar-refractivity contribution in [3.63, 3.8) is 0 Å². The molecule has 0 fully saturated rings. The summed E-state index contributed by atoms with van der Waals surface area (Å²) < 4.78 is 56.6. The fourth-order valence-electron chi connectivity index (χ4n) is 0.749. The van der Waals surface area contributed by atoms with E-state index in [0.717, 1.165) is 6.20 Å². The molecule has 0 amide bonds. The van der Waals surface area contributed by atoms with Crippen LogP contribution in [0.3, 0.4) is 0 Å². The summed E-state index contributed by atoms with van der Waals surface area (Å²) in [6, 6.07) is 0.682. The van der Waals surface area contributed by atoms with Crippen LogP contribution in [0.1, 0.15) is 11.5 Å². The number of hydrogen-bond donors (Lipinski definition) is 1. The third-order valence-corrected chi connectivity index (χ3v) is 1.81. The van der Waals surface area contributed by atoms with Crippen molar-refractivity contribution in [2.75, 3.05) is 0 Å². The van der Waals surface area contributed by atoms with E-state index < -0.39 is 28.3 Å². The Morgan fingerprint density at radius 1 is 1.36 bits per heavy atom. The Bertz CT molecular complexity index is 394. The van der Waals surface area contributed by atoms with Crippen LogP contribution >= 0.6 is 0 Å². The summed E-state index contributed by atoms with van der Waals surface area (Å²) in [5.74, 6) is -0.935. The lowest BCUT2D eigenvalue weighted by atomic mass is 10.4. The summed E-state index contributed by atoms with van der Waals surface area (Å²) in [7, 11) is -2.82. The van der Waals surface area contributed by atoms with Crippen LogP contribution in [0.15, 0.2) is 12.3 Å². The van der Waals surface area contributed by atoms with E-state index in [4.69, 9.17) is 0 Å². The molecule has 0 atom stereocenters. The molecule has 1 aromatic rings. The maximum absolute atomic E-state index is 12.1. The molecular weight excluding hydrogens is 221 g/mol. The minimum absolute atomic E-state index is 0.351. The number of rotatable bonds is 2. The lowest BCUT2D eigenvalue weighted by molar-refractivity contribution is -0.141. The fourth-order valence-corrected chi connectivity index (χ4v) is 1.13. The molecule has 0 spiro atoms. The van der Waals surface area contributed by atoms with Crippen LogP contribution in [0.4, 0.5) is 13.2 Å². The van der Waals surface area contributed by atoms with Gasteiger partial charge in [0.05, 0.1) is 0 Å². The van der Waals surface area contributed by atoms with Crippen LogP contribution in [0.25, 0.3) is 0 Å². The van der Waals surface area contributed by atoms with Gasteiger partial charge in [0.15, 0.2) is 0 Å². The molecule has 4 nitrogen and oxygen atoms in total. The maximum Gasteiger partial charge on any atom is 0.433 e. The Morgan fingerprint density at radius 3 is 2.50 bits per heavy atom. The summed E-state index contributed by atoms with van der Waals surface area (Å²) in [4.78, 5) is 6.46. The molecule has 0 aliphatic carbocycles. The minimum Gasteiger partial charge on any atom is -0.240 e. The lowest BCUT2D eigenvalue weighted by Gasteiger charge is -2.04. The van der Waals surface area contributed by atoms with Gasteiger partial charge in [-0.2, -0.15) is 13.2 Å². The van der Waals surface area contributed by atoms with Crippen LogP contribution in [0.5, 0.6) is 0 Å². The highest BCUT2D eigenvalue weighted by atomic mass is 32.2. The van der Waals surface area contributed by atoms with Crippen molar-refractivity contribution in [3.05, 3.63) is 23.8 Å². The third kappa shape index (κ3) is 2.95. The number of hydrogen-bond acceptors (Lipinski definition) is 4. The summed E-state index contributed by atoms with van der Waals surface area (Å²) in [5.41, 5.74) is -1.14. The lowest BCUT2D eigenvalue weighted by Crippen LogP contribution is -2.10. The highest BCUT2D eigenvalue weighted by Crippen LogP contribution is 2.26. The van der Waals surface area contributed by atoms with E-state index in [1.165, 1.54) is 0 Å². The molecule has 0 saturated heterocycles. The van der Waals surface area contributed by atoms with Gasteiger partial charge in [0.25, 0.3) is 0 Å². The van der Waals surface area contributed by atoms with Crippen LogP contribution in [0.2, 0.25) is 0 Å². The summed E-state index contributed by atoms with van der Waals surface area (Å²) in [5, 5.41) is 0. The van der Waals surface area contributed by atoms with Gasteiger partial charge in [-0.15, -0.1) is 0 Å². The van der Waals surface area contributed by atoms with Gasteiger partial charge < -0.3 is 0 Å². The Morgan fingerprint density at radius 2 is 2.00 bits per heavy atom. The Labute approximate surface area is 78.8 Å². The first kappa shape index (κ1) is 10.9. The molecule has 0 aliphatic rings. The van der Waals surface area contributed by atoms with Gasteiger partial charge in [-0.25, -0.2) is 18.4 Å². The molecule has 0 radical (unpaired) electrons. The van der Waals surface area contributed by atoms with E-state index in [0.29, 0.717) is 6.07 Å². The predicted molar refractivity (Wildman–Crippen MR) is 41.1 cm³/mol. The van der Waals surface area contributed by atoms with E-state index in [1.54, 1.807) is 0 Å². The Hall–Kier alpha value is -1.18. The third-order valence-electron chi connectivity index (χ3n) is 1.27. The maximum atomic E-state index is 12.1. The van der Waals surface area contributed by atoms with Gasteiger partial charge in [-0.05, 0) is 6.07 Å². The van der Waals surface area contributed by atoms with Gasteiger partial charge in [0.1, 0.15) is 28.0 Å². The number of alkyl halides is 3. The topological polar surface area (TPSA) is 59.9 Å². The standard InChI is InChI=1S/C6H5F3N2O2S/c7-6(8,9)4-1-2-10-5(11-4)3-14(12)13/h1-2,14H,3H2. The van der Waals surface area contributed by atoms with Crippen molar-refractivity contribution >= 4 is 10.7 Å². The van der Waals surface area contributed by atoms with Crippen molar-refractivity contribution in [1.29, 1.82) is 0 Å². The molecule has 78 valence electrons. The monoisotopic (exact) mass is 226 g/mol. The molecule has 8 heteroatoms. The zero-order valence-corrected chi connectivity index (χ0v) is 7.55. The van der Waals surface area contributed by atoms with E-state index >= 15 is 0 Å². The molecule has 14 heavy (non-hydrogen) atoms. The highest BCUT2D eigenvalue weighted by molar-refractivity contribution is 7.71. The largest absolute Gasteiger partial charge is 0.433 e. The molecule has 0 bridgehead atoms. The summed E-state index contributed by atoms with van der Waals surface area (Å²) in [6.07, 6.45) is -3.70. The highest BCUT2D eigenvalue weighted by Gasteiger charge is 2.32. The van der Waals surface area contributed by atoms with Gasteiger partial charge in [0, 0.05) is 6.20 Å². The normalized spacial score (nSPS) is 12.0. The SMILES string of the molecule is O=[SH](=O)Cc1nccc(C(F)(F)F)n1. The van der Waals surface area contributed by atoms with Crippen molar-refractivity contribution < 1.29 is 21.6 Å². The molecule has 1 rings (SSSR count). The molecule has 1 aromatic heterocycles. The zero-order chi connectivity index (χ0) is 10.8. The quantitative estimate of drug-likeness (QED) is 0.750. The van der Waals surface area contributed by atoms with Gasteiger partial charge in [0.2, 0.25) is 0 Å². The molecular formula is C6H5F3N2O2S. The predicted octanol–water partition coefficient (Wildman–Crippen LogP) is 0.607. The second-order valence-electron chi connectivity index (χ2n) is 2.35. The van der Waals surface area contributed by atoms with Gasteiger partial charge in [-0.3, -0.25) is 0 Å². The molecule has 0 N–H and O–H groups in total. The Kier molecular flexibility index (Phi) is 3.04. The number of aromatic nitrogens is 2. The van der Waals surface area contributed by atoms with E-state index in [9.17, 15) is 21.6 Å². The number of nitrogens with zero attached hydrogens (tertiary/aromatic N) is 2. The minimum atomic E-state index is -4.58. The average molecular weight is 226 g/mol. The van der Waals surface area contributed by atoms with E-state index in [1.807, 2.05) is 0 Å². The zero-order valence-electron chi connectivity index (χ0n) is 6.65. The van der Waals surface area contributed by atoms with Gasteiger partial charge in [-0.1, -0.05) is 0 Å². The Balaban J connectivity index is 3.01. The first-order valence-electron chi connectivity index (χ1n) is 3.40. The molecule has 0 aliphatic heterocycles. The molecule has 1 heterocycles. The van der Waals surface area contributed by atoms with E-state index in [-0.39, 0.29) is 5.82 Å².